The molecule has 2 heterocycles. The molecule has 0 aliphatic heterocycles. The molecule has 0 unspecified atom stereocenters. The Hall–Kier alpha value is -1.93. The number of nitrogens with one attached hydrogen (secondary N) is 1. The molecular weight excluding hydrogens is 338 g/mol. The smallest absolute Gasteiger partial charge is 0.245 e. The molecule has 0 saturated carbocycles. The van der Waals surface area contributed by atoms with E-state index < -0.39 is 10.0 Å². The molecule has 0 saturated heterocycles. The largest absolute Gasteiger partial charge is 0.366 e. The molecule has 7 nitrogen and oxygen atoms in total. The maximum atomic E-state index is 12.8. The highest BCUT2D eigenvalue weighted by atomic mass is 32.2. The van der Waals surface area contributed by atoms with Gasteiger partial charge in [0.05, 0.1) is 6.20 Å². The van der Waals surface area contributed by atoms with Crippen LogP contribution in [0.2, 0.25) is 0 Å². The molecule has 0 fully saturated rings. The number of nitrogens with zero attached hydrogens (tertiary/aromatic N) is 4. The summed E-state index contributed by atoms with van der Waals surface area (Å²) < 4.78 is 28.9. The maximum Gasteiger partial charge on any atom is 0.245 e. The molecule has 138 valence electrons. The number of hydrogen-bond acceptors (Lipinski definition) is 5. The first-order chi connectivity index (χ1) is 11.6. The van der Waals surface area contributed by atoms with E-state index in [1.165, 1.54) is 10.5 Å². The van der Waals surface area contributed by atoms with E-state index >= 15 is 0 Å². The summed E-state index contributed by atoms with van der Waals surface area (Å²) in [5.41, 5.74) is 2.16. The Kier molecular flexibility index (Phi) is 5.84. The van der Waals surface area contributed by atoms with Crippen LogP contribution < -0.4 is 5.32 Å². The summed E-state index contributed by atoms with van der Waals surface area (Å²) in [5, 5.41) is 7.39. The van der Waals surface area contributed by atoms with E-state index in [1.807, 2.05) is 52.5 Å². The zero-order chi connectivity index (χ0) is 18.8. The molecule has 1 N–H and O–H groups in total. The lowest BCUT2D eigenvalue weighted by Crippen LogP contribution is -2.41. The molecule has 2 aromatic heterocycles. The molecular formula is C17H27N5O2S. The number of hydrogen-bond donors (Lipinski definition) is 1. The van der Waals surface area contributed by atoms with E-state index in [0.29, 0.717) is 12.4 Å². The van der Waals surface area contributed by atoms with Crippen molar-refractivity contribution >= 4 is 15.8 Å². The molecule has 0 amide bonds. The molecule has 0 bridgehead atoms. The van der Waals surface area contributed by atoms with Crippen molar-refractivity contribution in [3.63, 3.8) is 0 Å². The summed E-state index contributed by atoms with van der Waals surface area (Å²) in [6, 6.07) is 3.06. The average Bonchev–Trinajstić information content (AvgIpc) is 2.84. The quantitative estimate of drug-likeness (QED) is 0.815. The Labute approximate surface area is 150 Å². The van der Waals surface area contributed by atoms with Crippen LogP contribution in [0.3, 0.4) is 0 Å². The van der Waals surface area contributed by atoms with Gasteiger partial charge in [-0.05, 0) is 46.8 Å². The van der Waals surface area contributed by atoms with Crippen molar-refractivity contribution < 1.29 is 8.42 Å². The van der Waals surface area contributed by atoms with Crippen molar-refractivity contribution in [2.75, 3.05) is 5.32 Å². The van der Waals surface area contributed by atoms with Crippen molar-refractivity contribution in [1.29, 1.82) is 0 Å². The Morgan fingerprint density at radius 3 is 2.24 bits per heavy atom. The third-order valence-electron chi connectivity index (χ3n) is 4.13. The number of anilines is 1. The summed E-state index contributed by atoms with van der Waals surface area (Å²) in [7, 11) is -1.66. The average molecular weight is 366 g/mol. The first-order valence-corrected chi connectivity index (χ1v) is 9.79. The normalized spacial score (nSPS) is 12.4. The molecule has 8 heteroatoms. The number of aryl methyl sites for hydroxylation is 1. The van der Waals surface area contributed by atoms with Crippen LogP contribution in [0, 0.1) is 6.92 Å². The van der Waals surface area contributed by atoms with Gasteiger partial charge in [-0.2, -0.15) is 9.40 Å². The van der Waals surface area contributed by atoms with Crippen LogP contribution in [-0.2, 0) is 23.6 Å². The molecule has 25 heavy (non-hydrogen) atoms. The van der Waals surface area contributed by atoms with Crippen molar-refractivity contribution in [2.24, 2.45) is 7.05 Å². The minimum atomic E-state index is -3.56. The SMILES string of the molecule is Cc1c(CNc2ccc(S(=O)(=O)N(C(C)C)C(C)C)cn2)cnn1C. The highest BCUT2D eigenvalue weighted by Crippen LogP contribution is 2.21. The van der Waals surface area contributed by atoms with Crippen molar-refractivity contribution in [1.82, 2.24) is 19.1 Å². The molecule has 2 aromatic rings. The van der Waals surface area contributed by atoms with Crippen LogP contribution in [0.1, 0.15) is 39.0 Å². The second kappa shape index (κ2) is 7.53. The number of pyridine rings is 1. The predicted octanol–water partition coefficient (Wildman–Crippen LogP) is 2.54. The number of aromatic nitrogens is 3. The maximum absolute atomic E-state index is 12.8. The summed E-state index contributed by atoms with van der Waals surface area (Å²) in [6.45, 7) is 10.1. The lowest BCUT2D eigenvalue weighted by molar-refractivity contribution is 0.302. The lowest BCUT2D eigenvalue weighted by atomic mass is 10.2. The Morgan fingerprint density at radius 1 is 1.16 bits per heavy atom. The van der Waals surface area contributed by atoms with Crippen LogP contribution in [0.15, 0.2) is 29.4 Å². The van der Waals surface area contributed by atoms with E-state index in [9.17, 15) is 8.42 Å². The van der Waals surface area contributed by atoms with E-state index in [2.05, 4.69) is 15.4 Å². The Balaban J connectivity index is 2.15. The van der Waals surface area contributed by atoms with Crippen LogP contribution in [0.25, 0.3) is 0 Å². The first-order valence-electron chi connectivity index (χ1n) is 8.35. The summed E-state index contributed by atoms with van der Waals surface area (Å²) in [5.74, 6) is 0.628. The topological polar surface area (TPSA) is 80.1 Å². The fraction of sp³-hybridized carbons (Fsp3) is 0.529. The first kappa shape index (κ1) is 19.4. The van der Waals surface area contributed by atoms with Gasteiger partial charge in [0.2, 0.25) is 10.0 Å². The van der Waals surface area contributed by atoms with Gasteiger partial charge in [-0.3, -0.25) is 4.68 Å². The van der Waals surface area contributed by atoms with Crippen LogP contribution in [0.5, 0.6) is 0 Å². The summed E-state index contributed by atoms with van der Waals surface area (Å²) >= 11 is 0. The van der Waals surface area contributed by atoms with Gasteiger partial charge < -0.3 is 5.32 Å². The lowest BCUT2D eigenvalue weighted by Gasteiger charge is -2.29. The molecule has 2 rings (SSSR count). The Bertz CT molecular complexity index is 802. The van der Waals surface area contributed by atoms with Gasteiger partial charge in [-0.15, -0.1) is 0 Å². The zero-order valence-corrected chi connectivity index (χ0v) is 16.5. The van der Waals surface area contributed by atoms with Gasteiger partial charge in [-0.1, -0.05) is 0 Å². The van der Waals surface area contributed by atoms with Crippen molar-refractivity contribution in [3.8, 4) is 0 Å². The molecule has 0 radical (unpaired) electrons. The second-order valence-electron chi connectivity index (χ2n) is 6.63. The van der Waals surface area contributed by atoms with Gasteiger partial charge in [0, 0.05) is 43.1 Å². The molecule has 0 spiro atoms. The number of sulfonamides is 1. The highest BCUT2D eigenvalue weighted by molar-refractivity contribution is 7.89. The molecule has 0 aliphatic carbocycles. The van der Waals surface area contributed by atoms with Gasteiger partial charge in [0.15, 0.2) is 0 Å². The third kappa shape index (κ3) is 4.19. The second-order valence-corrected chi connectivity index (χ2v) is 8.48. The van der Waals surface area contributed by atoms with Gasteiger partial charge in [0.25, 0.3) is 0 Å². The van der Waals surface area contributed by atoms with E-state index in [4.69, 9.17) is 0 Å². The van der Waals surface area contributed by atoms with Crippen LogP contribution >= 0.6 is 0 Å². The predicted molar refractivity (Wildman–Crippen MR) is 98.8 cm³/mol. The molecule has 0 atom stereocenters. The van der Waals surface area contributed by atoms with E-state index in [0.717, 1.165) is 11.3 Å². The van der Waals surface area contributed by atoms with Crippen molar-refractivity contribution in [3.05, 3.63) is 35.8 Å². The van der Waals surface area contributed by atoms with Gasteiger partial charge in [0.1, 0.15) is 10.7 Å². The Morgan fingerprint density at radius 2 is 1.80 bits per heavy atom. The zero-order valence-electron chi connectivity index (χ0n) is 15.7. The van der Waals surface area contributed by atoms with E-state index in [1.54, 1.807) is 12.1 Å². The fourth-order valence-electron chi connectivity index (χ4n) is 2.81. The third-order valence-corrected chi connectivity index (χ3v) is 6.36. The van der Waals surface area contributed by atoms with E-state index in [-0.39, 0.29) is 17.0 Å². The standard InChI is InChI=1S/C17H27N5O2S/c1-12(2)22(13(3)4)25(23,24)16-7-8-17(19-11-16)18-9-15-10-20-21(6)14(15)5/h7-8,10-13H,9H2,1-6H3,(H,18,19). The minimum Gasteiger partial charge on any atom is -0.366 e. The van der Waals surface area contributed by atoms with Crippen LogP contribution in [-0.4, -0.2) is 39.6 Å². The summed E-state index contributed by atoms with van der Waals surface area (Å²) in [4.78, 5) is 4.46. The molecule has 0 aliphatic rings. The fourth-order valence-corrected chi connectivity index (χ4v) is 4.59. The summed E-state index contributed by atoms with van der Waals surface area (Å²) in [6.07, 6.45) is 3.22. The van der Waals surface area contributed by atoms with Gasteiger partial charge in [-0.25, -0.2) is 13.4 Å². The highest BCUT2D eigenvalue weighted by Gasteiger charge is 2.29. The van der Waals surface area contributed by atoms with Crippen LogP contribution in [0.4, 0.5) is 5.82 Å². The molecule has 0 aromatic carbocycles. The van der Waals surface area contributed by atoms with Gasteiger partial charge >= 0.3 is 0 Å². The van der Waals surface area contributed by atoms with Crippen molar-refractivity contribution in [2.45, 2.75) is 58.1 Å². The monoisotopic (exact) mass is 365 g/mol. The minimum absolute atomic E-state index is 0.114. The number of rotatable bonds is 7.